The average Bonchev–Trinajstić information content (AvgIpc) is 2.59. The monoisotopic (exact) mass is 135 g/mol. The molecule has 1 heterocycles. The van der Waals surface area contributed by atoms with E-state index in [1.165, 1.54) is 12.8 Å². The van der Waals surface area contributed by atoms with Gasteiger partial charge in [-0.1, -0.05) is 0 Å². The van der Waals surface area contributed by atoms with Crippen LogP contribution in [0.25, 0.3) is 0 Å². The Morgan fingerprint density at radius 2 is 2.60 bits per heavy atom. The van der Waals surface area contributed by atoms with Crippen molar-refractivity contribution in [2.75, 3.05) is 0 Å². The first-order valence-electron chi connectivity index (χ1n) is 3.76. The normalized spacial score (nSPS) is 17.7. The molecular formula is C8H11N2. The molecule has 0 atom stereocenters. The van der Waals surface area contributed by atoms with Gasteiger partial charge < -0.3 is 0 Å². The highest BCUT2D eigenvalue weighted by molar-refractivity contribution is 4.97. The van der Waals surface area contributed by atoms with Crippen LogP contribution in [0.4, 0.5) is 0 Å². The molecule has 0 unspecified atom stereocenters. The van der Waals surface area contributed by atoms with Crippen LogP contribution in [0.5, 0.6) is 0 Å². The van der Waals surface area contributed by atoms with E-state index in [1.54, 1.807) is 0 Å². The molecule has 0 spiro atoms. The molecule has 0 bridgehead atoms. The van der Waals surface area contributed by atoms with Crippen LogP contribution >= 0.6 is 0 Å². The van der Waals surface area contributed by atoms with E-state index in [4.69, 9.17) is 0 Å². The van der Waals surface area contributed by atoms with Gasteiger partial charge in [-0.2, -0.15) is 5.10 Å². The summed E-state index contributed by atoms with van der Waals surface area (Å²) in [5, 5.41) is 4.16. The molecule has 0 aromatic carbocycles. The molecular weight excluding hydrogens is 124 g/mol. The van der Waals surface area contributed by atoms with Gasteiger partial charge in [0.1, 0.15) is 0 Å². The molecule has 0 N–H and O–H groups in total. The fourth-order valence-electron chi connectivity index (χ4n) is 1.06. The van der Waals surface area contributed by atoms with E-state index in [0.717, 1.165) is 18.0 Å². The summed E-state index contributed by atoms with van der Waals surface area (Å²) in [4.78, 5) is 0. The topological polar surface area (TPSA) is 17.8 Å². The summed E-state index contributed by atoms with van der Waals surface area (Å²) in [5.41, 5.74) is 1.14. The smallest absolute Gasteiger partial charge is 0.0895 e. The zero-order valence-electron chi connectivity index (χ0n) is 6.17. The van der Waals surface area contributed by atoms with Crippen molar-refractivity contribution in [2.45, 2.75) is 26.3 Å². The first-order chi connectivity index (χ1) is 4.84. The van der Waals surface area contributed by atoms with Crippen LogP contribution in [0.2, 0.25) is 0 Å². The van der Waals surface area contributed by atoms with E-state index in [-0.39, 0.29) is 0 Å². The summed E-state index contributed by atoms with van der Waals surface area (Å²) >= 11 is 0. The third kappa shape index (κ3) is 1.20. The lowest BCUT2D eigenvalue weighted by molar-refractivity contribution is 0.559. The molecule has 1 fully saturated rings. The fourth-order valence-corrected chi connectivity index (χ4v) is 1.06. The van der Waals surface area contributed by atoms with Crippen LogP contribution in [0.3, 0.4) is 0 Å². The number of nitrogens with zero attached hydrogens (tertiary/aromatic N) is 2. The third-order valence-electron chi connectivity index (χ3n) is 1.82. The molecule has 10 heavy (non-hydrogen) atoms. The predicted molar refractivity (Wildman–Crippen MR) is 38.5 cm³/mol. The molecule has 2 rings (SSSR count). The van der Waals surface area contributed by atoms with Gasteiger partial charge in [-0.15, -0.1) is 0 Å². The van der Waals surface area contributed by atoms with E-state index in [9.17, 15) is 0 Å². The molecule has 1 radical (unpaired) electrons. The molecule has 2 nitrogen and oxygen atoms in total. The Labute approximate surface area is 60.9 Å². The minimum absolute atomic E-state index is 0.899. The predicted octanol–water partition coefficient (Wildman–Crippen LogP) is 1.40. The van der Waals surface area contributed by atoms with Gasteiger partial charge in [-0.3, -0.25) is 4.68 Å². The van der Waals surface area contributed by atoms with Gasteiger partial charge in [-0.05, 0) is 31.2 Å². The zero-order chi connectivity index (χ0) is 6.97. The van der Waals surface area contributed by atoms with Gasteiger partial charge in [0, 0.05) is 6.54 Å². The molecule has 2 heteroatoms. The van der Waals surface area contributed by atoms with Gasteiger partial charge in [0.15, 0.2) is 0 Å². The molecule has 53 valence electrons. The van der Waals surface area contributed by atoms with Crippen molar-refractivity contribution >= 4 is 0 Å². The number of aromatic nitrogens is 2. The van der Waals surface area contributed by atoms with Crippen molar-refractivity contribution in [2.24, 2.45) is 5.92 Å². The lowest BCUT2D eigenvalue weighted by Gasteiger charge is -1.94. The highest BCUT2D eigenvalue weighted by Crippen LogP contribution is 2.30. The second-order valence-electron chi connectivity index (χ2n) is 3.06. The van der Waals surface area contributed by atoms with Crippen molar-refractivity contribution in [3.05, 3.63) is 18.0 Å². The maximum atomic E-state index is 4.16. The highest BCUT2D eigenvalue weighted by atomic mass is 15.3. The van der Waals surface area contributed by atoms with Crippen molar-refractivity contribution < 1.29 is 0 Å². The second kappa shape index (κ2) is 2.11. The number of rotatable bonds is 2. The highest BCUT2D eigenvalue weighted by Gasteiger charge is 2.21. The molecule has 0 saturated heterocycles. The van der Waals surface area contributed by atoms with Crippen molar-refractivity contribution in [3.8, 4) is 0 Å². The average molecular weight is 135 g/mol. The SMILES string of the molecule is Cc1[c]n(CC2CC2)nc1. The summed E-state index contributed by atoms with van der Waals surface area (Å²) in [6, 6.07) is 0. The summed E-state index contributed by atoms with van der Waals surface area (Å²) in [5.74, 6) is 0.899. The molecule has 1 aromatic rings. The van der Waals surface area contributed by atoms with Crippen LogP contribution in [0, 0.1) is 19.0 Å². The summed E-state index contributed by atoms with van der Waals surface area (Å²) in [6.45, 7) is 3.10. The Morgan fingerprint density at radius 1 is 1.80 bits per heavy atom. The van der Waals surface area contributed by atoms with Crippen LogP contribution in [0.1, 0.15) is 18.4 Å². The van der Waals surface area contributed by atoms with Crippen molar-refractivity contribution in [3.63, 3.8) is 0 Å². The Kier molecular flexibility index (Phi) is 1.26. The Morgan fingerprint density at radius 3 is 3.10 bits per heavy atom. The van der Waals surface area contributed by atoms with Crippen molar-refractivity contribution in [1.82, 2.24) is 9.78 Å². The van der Waals surface area contributed by atoms with E-state index < -0.39 is 0 Å². The fraction of sp³-hybridized carbons (Fsp3) is 0.625. The Hall–Kier alpha value is -0.790. The van der Waals surface area contributed by atoms with Gasteiger partial charge >= 0.3 is 0 Å². The van der Waals surface area contributed by atoms with Crippen molar-refractivity contribution in [1.29, 1.82) is 0 Å². The summed E-state index contributed by atoms with van der Waals surface area (Å²) in [7, 11) is 0. The number of hydrogen-bond donors (Lipinski definition) is 0. The molecule has 1 aliphatic carbocycles. The molecule has 0 amide bonds. The van der Waals surface area contributed by atoms with E-state index in [1.807, 2.05) is 17.8 Å². The van der Waals surface area contributed by atoms with Gasteiger partial charge in [-0.25, -0.2) is 0 Å². The Bertz CT molecular complexity index is 223. The molecule has 0 aliphatic heterocycles. The van der Waals surface area contributed by atoms with E-state index >= 15 is 0 Å². The minimum atomic E-state index is 0.899. The molecule has 1 aliphatic rings. The number of hydrogen-bond acceptors (Lipinski definition) is 1. The maximum absolute atomic E-state index is 4.16. The third-order valence-corrected chi connectivity index (χ3v) is 1.82. The second-order valence-corrected chi connectivity index (χ2v) is 3.06. The minimum Gasteiger partial charge on any atom is -0.263 e. The summed E-state index contributed by atoms with van der Waals surface area (Å²) in [6.07, 6.45) is 7.78. The first kappa shape index (κ1) is 5.96. The van der Waals surface area contributed by atoms with E-state index in [0.29, 0.717) is 0 Å². The van der Waals surface area contributed by atoms with Crippen LogP contribution in [-0.4, -0.2) is 9.78 Å². The lowest BCUT2D eigenvalue weighted by atomic mass is 10.4. The molecule has 1 saturated carbocycles. The van der Waals surface area contributed by atoms with Gasteiger partial charge in [0.25, 0.3) is 0 Å². The summed E-state index contributed by atoms with van der Waals surface area (Å²) < 4.78 is 1.92. The quantitative estimate of drug-likeness (QED) is 0.599. The van der Waals surface area contributed by atoms with Crippen LogP contribution in [0.15, 0.2) is 6.20 Å². The van der Waals surface area contributed by atoms with Crippen LogP contribution < -0.4 is 0 Å². The first-order valence-corrected chi connectivity index (χ1v) is 3.76. The maximum Gasteiger partial charge on any atom is 0.0895 e. The zero-order valence-corrected chi connectivity index (χ0v) is 6.17. The Balaban J connectivity index is 2.03. The number of aryl methyl sites for hydroxylation is 1. The van der Waals surface area contributed by atoms with Gasteiger partial charge in [0.05, 0.1) is 12.4 Å². The van der Waals surface area contributed by atoms with Gasteiger partial charge in [0.2, 0.25) is 0 Å². The lowest BCUT2D eigenvalue weighted by Crippen LogP contribution is -1.99. The van der Waals surface area contributed by atoms with E-state index in [2.05, 4.69) is 11.3 Å². The molecule has 1 aromatic heterocycles. The van der Waals surface area contributed by atoms with Crippen LogP contribution in [-0.2, 0) is 6.54 Å². The standard InChI is InChI=1S/C8H11N2/c1-7-4-9-10(5-7)6-8-2-3-8/h4,8H,2-3,6H2,1H3. The largest absolute Gasteiger partial charge is 0.263 e.